The summed E-state index contributed by atoms with van der Waals surface area (Å²) in [4.78, 5) is 9.14. The highest BCUT2D eigenvalue weighted by molar-refractivity contribution is 5.24. The predicted octanol–water partition coefficient (Wildman–Crippen LogP) is 2.17. The fraction of sp³-hybridized carbons (Fsp3) is 0.714. The van der Waals surface area contributed by atoms with Gasteiger partial charge in [-0.25, -0.2) is 9.97 Å². The van der Waals surface area contributed by atoms with Crippen molar-refractivity contribution in [3.8, 4) is 0 Å². The first-order valence-corrected chi connectivity index (χ1v) is 6.65. The molecule has 1 rings (SSSR count). The van der Waals surface area contributed by atoms with Gasteiger partial charge in [-0.2, -0.15) is 0 Å². The maximum atomic E-state index is 5.25. The predicted molar refractivity (Wildman–Crippen MR) is 73.7 cm³/mol. The number of aryl methyl sites for hydroxylation is 2. The van der Waals surface area contributed by atoms with Crippen LogP contribution in [0, 0.1) is 13.8 Å². The van der Waals surface area contributed by atoms with Gasteiger partial charge in [0, 0.05) is 37.0 Å². The molecule has 0 aliphatic rings. The molecule has 0 aliphatic carbocycles. The van der Waals surface area contributed by atoms with Gasteiger partial charge in [0.15, 0.2) is 0 Å². The van der Waals surface area contributed by atoms with Crippen molar-refractivity contribution in [1.29, 1.82) is 0 Å². The Balaban J connectivity index is 2.77. The minimum Gasteiger partial charge on any atom is -0.381 e. The number of nitrogens with one attached hydrogen (secondary N) is 1. The van der Waals surface area contributed by atoms with Crippen LogP contribution in [0.1, 0.15) is 43.0 Å². The molecule has 0 fully saturated rings. The minimum absolute atomic E-state index is 0.160. The van der Waals surface area contributed by atoms with Gasteiger partial charge in [-0.3, -0.25) is 0 Å². The molecule has 4 nitrogen and oxygen atoms in total. The highest BCUT2D eigenvalue weighted by Crippen LogP contribution is 2.11. The largest absolute Gasteiger partial charge is 0.381 e. The van der Waals surface area contributed by atoms with E-state index in [-0.39, 0.29) is 6.10 Å². The van der Waals surface area contributed by atoms with E-state index >= 15 is 0 Å². The van der Waals surface area contributed by atoms with Crippen LogP contribution in [0.5, 0.6) is 0 Å². The molecular formula is C14H25N3O. The van der Waals surface area contributed by atoms with Gasteiger partial charge in [-0.1, -0.05) is 6.92 Å². The first kappa shape index (κ1) is 15.1. The van der Waals surface area contributed by atoms with Crippen LogP contribution in [0.25, 0.3) is 0 Å². The Hall–Kier alpha value is -1.00. The van der Waals surface area contributed by atoms with Gasteiger partial charge in [0.2, 0.25) is 0 Å². The lowest BCUT2D eigenvalue weighted by atomic mass is 10.1. The zero-order valence-corrected chi connectivity index (χ0v) is 12.2. The van der Waals surface area contributed by atoms with Crippen molar-refractivity contribution in [2.75, 3.05) is 13.7 Å². The van der Waals surface area contributed by atoms with Crippen LogP contribution in [0.4, 0.5) is 0 Å². The monoisotopic (exact) mass is 251 g/mol. The fourth-order valence-corrected chi connectivity index (χ4v) is 1.89. The molecule has 1 N–H and O–H groups in total. The molecule has 0 radical (unpaired) electrons. The molecular weight excluding hydrogens is 226 g/mol. The van der Waals surface area contributed by atoms with Gasteiger partial charge in [-0.05, 0) is 33.7 Å². The summed E-state index contributed by atoms with van der Waals surface area (Å²) in [7, 11) is 1.72. The van der Waals surface area contributed by atoms with E-state index in [2.05, 4.69) is 36.1 Å². The molecule has 18 heavy (non-hydrogen) atoms. The number of rotatable bonds is 7. The average molecular weight is 251 g/mol. The van der Waals surface area contributed by atoms with Gasteiger partial charge in [0.05, 0.1) is 6.10 Å². The van der Waals surface area contributed by atoms with Gasteiger partial charge in [-0.15, -0.1) is 0 Å². The normalized spacial score (nSPS) is 12.7. The van der Waals surface area contributed by atoms with E-state index in [1.165, 1.54) is 5.56 Å². The molecule has 1 aromatic heterocycles. The van der Waals surface area contributed by atoms with Crippen molar-refractivity contribution >= 4 is 0 Å². The van der Waals surface area contributed by atoms with Crippen molar-refractivity contribution in [2.45, 2.75) is 53.2 Å². The lowest BCUT2D eigenvalue weighted by molar-refractivity contribution is 0.117. The van der Waals surface area contributed by atoms with E-state index in [1.807, 2.05) is 6.92 Å². The summed E-state index contributed by atoms with van der Waals surface area (Å²) in [6, 6.07) is 0. The standard InChI is InChI=1S/C14H25N3O/c1-6-7-15-9-13-11(3)16-14(17-12(13)4)8-10(2)18-5/h10,15H,6-9H2,1-5H3. The molecule has 4 heteroatoms. The van der Waals surface area contributed by atoms with Crippen LogP contribution < -0.4 is 5.32 Å². The number of hydrogen-bond acceptors (Lipinski definition) is 4. The van der Waals surface area contributed by atoms with Crippen molar-refractivity contribution in [1.82, 2.24) is 15.3 Å². The summed E-state index contributed by atoms with van der Waals surface area (Å²) in [5.74, 6) is 0.874. The third kappa shape index (κ3) is 4.35. The third-order valence-corrected chi connectivity index (χ3v) is 3.07. The number of hydrogen-bond donors (Lipinski definition) is 1. The Morgan fingerprint density at radius 1 is 1.22 bits per heavy atom. The van der Waals surface area contributed by atoms with Crippen molar-refractivity contribution in [3.63, 3.8) is 0 Å². The third-order valence-electron chi connectivity index (χ3n) is 3.07. The van der Waals surface area contributed by atoms with E-state index in [9.17, 15) is 0 Å². The Kier molecular flexibility index (Phi) is 6.22. The molecule has 1 atom stereocenters. The van der Waals surface area contributed by atoms with Crippen molar-refractivity contribution in [3.05, 3.63) is 22.8 Å². The van der Waals surface area contributed by atoms with Crippen molar-refractivity contribution < 1.29 is 4.74 Å². The molecule has 0 amide bonds. The van der Waals surface area contributed by atoms with Crippen LogP contribution in [0.3, 0.4) is 0 Å². The molecule has 0 aromatic carbocycles. The molecule has 0 aliphatic heterocycles. The second kappa shape index (κ2) is 7.44. The Morgan fingerprint density at radius 3 is 2.33 bits per heavy atom. The quantitative estimate of drug-likeness (QED) is 0.754. The zero-order valence-electron chi connectivity index (χ0n) is 12.2. The number of aromatic nitrogens is 2. The number of nitrogens with zero attached hydrogens (tertiary/aromatic N) is 2. The van der Waals surface area contributed by atoms with Crippen LogP contribution in [0.2, 0.25) is 0 Å². The average Bonchev–Trinajstić information content (AvgIpc) is 2.32. The Bertz CT molecular complexity index is 356. The minimum atomic E-state index is 0.160. The highest BCUT2D eigenvalue weighted by atomic mass is 16.5. The lowest BCUT2D eigenvalue weighted by Gasteiger charge is -2.13. The summed E-state index contributed by atoms with van der Waals surface area (Å²) < 4.78 is 5.25. The van der Waals surface area contributed by atoms with Crippen LogP contribution in [-0.4, -0.2) is 29.7 Å². The Morgan fingerprint density at radius 2 is 1.83 bits per heavy atom. The van der Waals surface area contributed by atoms with E-state index < -0.39 is 0 Å². The van der Waals surface area contributed by atoms with Crippen LogP contribution in [0.15, 0.2) is 0 Å². The van der Waals surface area contributed by atoms with E-state index in [4.69, 9.17) is 4.74 Å². The molecule has 0 saturated heterocycles. The molecule has 1 unspecified atom stereocenters. The Labute approximate surface area is 110 Å². The van der Waals surface area contributed by atoms with E-state index in [1.54, 1.807) is 7.11 Å². The molecule has 0 bridgehead atoms. The second-order valence-corrected chi connectivity index (χ2v) is 4.72. The number of ether oxygens (including phenoxy) is 1. The summed E-state index contributed by atoms with van der Waals surface area (Å²) in [5, 5.41) is 3.40. The second-order valence-electron chi connectivity index (χ2n) is 4.72. The summed E-state index contributed by atoms with van der Waals surface area (Å²) in [6.07, 6.45) is 2.07. The number of methoxy groups -OCH3 is 1. The first-order valence-electron chi connectivity index (χ1n) is 6.65. The van der Waals surface area contributed by atoms with Gasteiger partial charge < -0.3 is 10.1 Å². The van der Waals surface area contributed by atoms with E-state index in [0.717, 1.165) is 43.1 Å². The smallest absolute Gasteiger partial charge is 0.131 e. The first-order chi connectivity index (χ1) is 8.58. The molecule has 1 aromatic rings. The van der Waals surface area contributed by atoms with Gasteiger partial charge >= 0.3 is 0 Å². The van der Waals surface area contributed by atoms with Gasteiger partial charge in [0.1, 0.15) is 5.82 Å². The topological polar surface area (TPSA) is 47.0 Å². The molecule has 0 spiro atoms. The molecule has 0 saturated carbocycles. The van der Waals surface area contributed by atoms with Crippen LogP contribution in [-0.2, 0) is 17.7 Å². The van der Waals surface area contributed by atoms with Crippen molar-refractivity contribution in [2.24, 2.45) is 0 Å². The van der Waals surface area contributed by atoms with E-state index in [0.29, 0.717) is 0 Å². The molecule has 1 heterocycles. The SMILES string of the molecule is CCCNCc1c(C)nc(CC(C)OC)nc1C. The van der Waals surface area contributed by atoms with Crippen LogP contribution >= 0.6 is 0 Å². The lowest BCUT2D eigenvalue weighted by Crippen LogP contribution is -2.19. The zero-order chi connectivity index (χ0) is 13.5. The fourth-order valence-electron chi connectivity index (χ4n) is 1.89. The summed E-state index contributed by atoms with van der Waals surface area (Å²) in [6.45, 7) is 10.2. The maximum absolute atomic E-state index is 5.25. The summed E-state index contributed by atoms with van der Waals surface area (Å²) in [5.41, 5.74) is 3.37. The summed E-state index contributed by atoms with van der Waals surface area (Å²) >= 11 is 0. The van der Waals surface area contributed by atoms with Gasteiger partial charge in [0.25, 0.3) is 0 Å². The maximum Gasteiger partial charge on any atom is 0.131 e. The highest BCUT2D eigenvalue weighted by Gasteiger charge is 2.10. The molecule has 102 valence electrons.